The standard InChI is InChI=1S/C15H21N5O2/c1-10-5-7-20(15(21)22)8-12(10)19(2)14-11-4-3-6-16-13(11)17-9-18-14/h3-4,9-10,12H,5-8H2,1-2H3,(H,21,22)(H,16,17,18). The number of carbonyl (C=O) groups is 1. The molecule has 1 saturated heterocycles. The van der Waals surface area contributed by atoms with Crippen LogP contribution in [0.15, 0.2) is 12.4 Å². The third-order valence-corrected chi connectivity index (χ3v) is 4.56. The highest BCUT2D eigenvalue weighted by Gasteiger charge is 2.33. The Morgan fingerprint density at radius 1 is 1.50 bits per heavy atom. The van der Waals surface area contributed by atoms with Gasteiger partial charge in [0.25, 0.3) is 0 Å². The molecule has 0 aromatic carbocycles. The van der Waals surface area contributed by atoms with E-state index in [-0.39, 0.29) is 6.04 Å². The van der Waals surface area contributed by atoms with Crippen molar-refractivity contribution in [3.05, 3.63) is 18.0 Å². The molecule has 2 atom stereocenters. The van der Waals surface area contributed by atoms with E-state index in [1.54, 1.807) is 6.33 Å². The summed E-state index contributed by atoms with van der Waals surface area (Å²) in [7, 11) is 1.98. The first-order chi connectivity index (χ1) is 10.6. The molecule has 3 rings (SSSR count). The zero-order valence-electron chi connectivity index (χ0n) is 12.9. The Bertz CT molecular complexity index is 604. The fourth-order valence-electron chi connectivity index (χ4n) is 3.18. The number of hydrogen-bond donors (Lipinski definition) is 2. The second kappa shape index (κ2) is 5.82. The number of aromatic nitrogens is 2. The molecule has 0 spiro atoms. The molecular formula is C15H21N5O2. The molecule has 0 saturated carbocycles. The predicted molar refractivity (Wildman–Crippen MR) is 85.1 cm³/mol. The van der Waals surface area contributed by atoms with Crippen molar-refractivity contribution in [2.24, 2.45) is 5.92 Å². The average Bonchev–Trinajstić information content (AvgIpc) is 2.54. The lowest BCUT2D eigenvalue weighted by Crippen LogP contribution is -2.52. The Morgan fingerprint density at radius 3 is 3.09 bits per heavy atom. The number of fused-ring (bicyclic) bond motifs is 1. The Kier molecular flexibility index (Phi) is 3.87. The fraction of sp³-hybridized carbons (Fsp3) is 0.533. The van der Waals surface area contributed by atoms with Crippen LogP contribution < -0.4 is 10.2 Å². The van der Waals surface area contributed by atoms with Crippen LogP contribution in [0.4, 0.5) is 16.4 Å². The zero-order valence-corrected chi connectivity index (χ0v) is 12.9. The Morgan fingerprint density at radius 2 is 2.32 bits per heavy atom. The maximum atomic E-state index is 11.3. The largest absolute Gasteiger partial charge is 0.465 e. The summed E-state index contributed by atoms with van der Waals surface area (Å²) in [5.74, 6) is 2.09. The normalized spacial score (nSPS) is 23.6. The van der Waals surface area contributed by atoms with Gasteiger partial charge < -0.3 is 20.2 Å². The molecule has 0 aliphatic carbocycles. The smallest absolute Gasteiger partial charge is 0.407 e. The predicted octanol–water partition coefficient (Wildman–Crippen LogP) is 1.74. The minimum Gasteiger partial charge on any atom is -0.465 e. The Labute approximate surface area is 129 Å². The minimum atomic E-state index is -0.850. The SMILES string of the molecule is CC1CCN(C(=O)O)CC1N(C)c1ncnc2c1C=CCN2. The van der Waals surface area contributed by atoms with Gasteiger partial charge in [0, 0.05) is 26.7 Å². The van der Waals surface area contributed by atoms with Gasteiger partial charge in [0.05, 0.1) is 11.6 Å². The molecule has 7 nitrogen and oxygen atoms in total. The van der Waals surface area contributed by atoms with Crippen LogP contribution in [-0.4, -0.2) is 58.8 Å². The van der Waals surface area contributed by atoms with E-state index >= 15 is 0 Å². The van der Waals surface area contributed by atoms with Crippen LogP contribution in [0.3, 0.4) is 0 Å². The van der Waals surface area contributed by atoms with Crippen molar-refractivity contribution in [3.8, 4) is 0 Å². The molecule has 7 heteroatoms. The molecule has 22 heavy (non-hydrogen) atoms. The number of amides is 1. The van der Waals surface area contributed by atoms with Crippen molar-refractivity contribution >= 4 is 23.8 Å². The van der Waals surface area contributed by atoms with Gasteiger partial charge in [0.1, 0.15) is 18.0 Å². The summed E-state index contributed by atoms with van der Waals surface area (Å²) in [5, 5.41) is 12.5. The van der Waals surface area contributed by atoms with Crippen LogP contribution in [0.1, 0.15) is 18.9 Å². The second-order valence-corrected chi connectivity index (χ2v) is 5.92. The maximum absolute atomic E-state index is 11.3. The average molecular weight is 303 g/mol. The highest BCUT2D eigenvalue weighted by Crippen LogP contribution is 2.31. The van der Waals surface area contributed by atoms with E-state index in [9.17, 15) is 9.90 Å². The molecule has 1 fully saturated rings. The molecule has 118 valence electrons. The molecular weight excluding hydrogens is 282 g/mol. The lowest BCUT2D eigenvalue weighted by molar-refractivity contribution is 0.118. The Balaban J connectivity index is 1.89. The lowest BCUT2D eigenvalue weighted by atomic mass is 9.92. The highest BCUT2D eigenvalue weighted by atomic mass is 16.4. The quantitative estimate of drug-likeness (QED) is 0.866. The number of likely N-dealkylation sites (tertiary alicyclic amines) is 1. The Hall–Kier alpha value is -2.31. The number of carboxylic acid groups (broad SMARTS) is 1. The number of anilines is 2. The van der Waals surface area contributed by atoms with Gasteiger partial charge in [0.2, 0.25) is 0 Å². The van der Waals surface area contributed by atoms with E-state index < -0.39 is 6.09 Å². The second-order valence-electron chi connectivity index (χ2n) is 5.92. The molecule has 1 amide bonds. The van der Waals surface area contributed by atoms with E-state index in [0.29, 0.717) is 19.0 Å². The molecule has 2 aliphatic heterocycles. The number of rotatable bonds is 2. The van der Waals surface area contributed by atoms with Crippen molar-refractivity contribution < 1.29 is 9.90 Å². The van der Waals surface area contributed by atoms with Crippen LogP contribution >= 0.6 is 0 Å². The van der Waals surface area contributed by atoms with Crippen LogP contribution in [-0.2, 0) is 0 Å². The third kappa shape index (κ3) is 2.58. The molecule has 2 N–H and O–H groups in total. The van der Waals surface area contributed by atoms with Gasteiger partial charge in [-0.15, -0.1) is 0 Å². The molecule has 1 aromatic heterocycles. The summed E-state index contributed by atoms with van der Waals surface area (Å²) < 4.78 is 0. The minimum absolute atomic E-state index is 0.110. The monoisotopic (exact) mass is 303 g/mol. The zero-order chi connectivity index (χ0) is 15.7. The highest BCUT2D eigenvalue weighted by molar-refractivity contribution is 5.76. The molecule has 0 bridgehead atoms. The van der Waals surface area contributed by atoms with Gasteiger partial charge in [0.15, 0.2) is 0 Å². The van der Waals surface area contributed by atoms with E-state index in [4.69, 9.17) is 0 Å². The van der Waals surface area contributed by atoms with Gasteiger partial charge in [-0.1, -0.05) is 13.0 Å². The number of nitrogens with one attached hydrogen (secondary N) is 1. The van der Waals surface area contributed by atoms with Crippen molar-refractivity contribution in [2.45, 2.75) is 19.4 Å². The number of nitrogens with zero attached hydrogens (tertiary/aromatic N) is 4. The van der Waals surface area contributed by atoms with Crippen LogP contribution in [0.5, 0.6) is 0 Å². The van der Waals surface area contributed by atoms with Gasteiger partial charge >= 0.3 is 6.09 Å². The van der Waals surface area contributed by atoms with Gasteiger partial charge in [-0.3, -0.25) is 0 Å². The summed E-state index contributed by atoms with van der Waals surface area (Å²) in [6, 6.07) is 0.110. The fourth-order valence-corrected chi connectivity index (χ4v) is 3.18. The van der Waals surface area contributed by atoms with Crippen molar-refractivity contribution in [1.29, 1.82) is 0 Å². The summed E-state index contributed by atoms with van der Waals surface area (Å²) >= 11 is 0. The number of likely N-dealkylation sites (N-methyl/N-ethyl adjacent to an activating group) is 1. The summed E-state index contributed by atoms with van der Waals surface area (Å²) in [5.41, 5.74) is 0.968. The van der Waals surface area contributed by atoms with Gasteiger partial charge in [-0.05, 0) is 18.4 Å². The molecule has 1 aromatic rings. The van der Waals surface area contributed by atoms with Crippen LogP contribution in [0.25, 0.3) is 6.08 Å². The third-order valence-electron chi connectivity index (χ3n) is 4.56. The molecule has 3 heterocycles. The van der Waals surface area contributed by atoms with Gasteiger partial charge in [-0.2, -0.15) is 0 Å². The first kappa shape index (κ1) is 14.6. The first-order valence-corrected chi connectivity index (χ1v) is 7.54. The molecule has 2 unspecified atom stereocenters. The van der Waals surface area contributed by atoms with E-state index in [1.807, 2.05) is 19.2 Å². The maximum Gasteiger partial charge on any atom is 0.407 e. The number of hydrogen-bond acceptors (Lipinski definition) is 5. The van der Waals surface area contributed by atoms with E-state index in [1.165, 1.54) is 4.90 Å². The first-order valence-electron chi connectivity index (χ1n) is 7.54. The van der Waals surface area contributed by atoms with Crippen LogP contribution in [0, 0.1) is 5.92 Å². The summed E-state index contributed by atoms with van der Waals surface area (Å²) in [6.07, 6.45) is 5.63. The topological polar surface area (TPSA) is 81.6 Å². The summed E-state index contributed by atoms with van der Waals surface area (Å²) in [4.78, 5) is 23.5. The van der Waals surface area contributed by atoms with Gasteiger partial charge in [-0.25, -0.2) is 14.8 Å². The summed E-state index contributed by atoms with van der Waals surface area (Å²) in [6.45, 7) is 4.04. The van der Waals surface area contributed by atoms with E-state index in [2.05, 4.69) is 27.1 Å². The van der Waals surface area contributed by atoms with Crippen LogP contribution in [0.2, 0.25) is 0 Å². The number of piperidine rings is 1. The molecule has 2 aliphatic rings. The van der Waals surface area contributed by atoms with Crippen molar-refractivity contribution in [3.63, 3.8) is 0 Å². The van der Waals surface area contributed by atoms with Crippen molar-refractivity contribution in [2.75, 3.05) is 36.9 Å². The van der Waals surface area contributed by atoms with Crippen molar-refractivity contribution in [1.82, 2.24) is 14.9 Å². The molecule has 0 radical (unpaired) electrons. The lowest BCUT2D eigenvalue weighted by Gasteiger charge is -2.41. The van der Waals surface area contributed by atoms with E-state index in [0.717, 1.165) is 30.2 Å².